The molecule has 0 aliphatic heterocycles. The van der Waals surface area contributed by atoms with Crippen LogP contribution in [0.1, 0.15) is 43.5 Å². The van der Waals surface area contributed by atoms with Crippen LogP contribution in [0.2, 0.25) is 0 Å². The first-order chi connectivity index (χ1) is 14.2. The molecule has 3 aromatic carbocycles. The highest BCUT2D eigenvalue weighted by atomic mass is 32.2. The summed E-state index contributed by atoms with van der Waals surface area (Å²) >= 11 is 0. The van der Waals surface area contributed by atoms with Gasteiger partial charge in [-0.3, -0.25) is 4.72 Å². The van der Waals surface area contributed by atoms with E-state index in [0.29, 0.717) is 5.69 Å². The van der Waals surface area contributed by atoms with Crippen LogP contribution < -0.4 is 9.62 Å². The third-order valence-electron chi connectivity index (χ3n) is 5.26. The van der Waals surface area contributed by atoms with Gasteiger partial charge in [-0.1, -0.05) is 54.1 Å². The van der Waals surface area contributed by atoms with Crippen molar-refractivity contribution in [2.45, 2.75) is 51.6 Å². The monoisotopic (exact) mass is 422 g/mol. The van der Waals surface area contributed by atoms with Crippen LogP contribution in [-0.2, 0) is 10.0 Å². The Morgan fingerprint density at radius 1 is 0.800 bits per heavy atom. The molecule has 0 saturated heterocycles. The van der Waals surface area contributed by atoms with E-state index in [4.69, 9.17) is 0 Å². The summed E-state index contributed by atoms with van der Waals surface area (Å²) in [5.74, 6) is 0. The Morgan fingerprint density at radius 2 is 1.40 bits per heavy atom. The Hall–Kier alpha value is -2.79. The lowest BCUT2D eigenvalue weighted by Crippen LogP contribution is -2.34. The minimum Gasteiger partial charge on any atom is -0.361 e. The molecule has 1 unspecified atom stereocenters. The zero-order valence-corrected chi connectivity index (χ0v) is 19.1. The lowest BCUT2D eigenvalue weighted by atomic mass is 10.0. The number of aryl methyl sites for hydroxylation is 2. The van der Waals surface area contributed by atoms with Gasteiger partial charge in [0.05, 0.1) is 22.3 Å². The molecule has 0 saturated carbocycles. The van der Waals surface area contributed by atoms with E-state index in [9.17, 15) is 8.42 Å². The first-order valence-electron chi connectivity index (χ1n) is 10.2. The van der Waals surface area contributed by atoms with Crippen molar-refractivity contribution in [3.8, 4) is 0 Å². The zero-order chi connectivity index (χ0) is 21.9. The normalized spacial score (nSPS) is 12.6. The van der Waals surface area contributed by atoms with Gasteiger partial charge in [0.2, 0.25) is 0 Å². The van der Waals surface area contributed by atoms with Crippen molar-refractivity contribution >= 4 is 21.4 Å². The smallest absolute Gasteiger partial charge is 0.261 e. The lowest BCUT2D eigenvalue weighted by Gasteiger charge is -2.37. The van der Waals surface area contributed by atoms with Gasteiger partial charge in [-0.2, -0.15) is 0 Å². The summed E-state index contributed by atoms with van der Waals surface area (Å²) in [5, 5.41) is 0. The summed E-state index contributed by atoms with van der Waals surface area (Å²) in [4.78, 5) is 2.51. The number of rotatable bonds is 7. The average Bonchev–Trinajstić information content (AvgIpc) is 2.70. The summed E-state index contributed by atoms with van der Waals surface area (Å²) in [5.41, 5.74) is 4.65. The van der Waals surface area contributed by atoms with Crippen LogP contribution in [0.3, 0.4) is 0 Å². The van der Waals surface area contributed by atoms with E-state index in [0.717, 1.165) is 16.8 Å². The van der Waals surface area contributed by atoms with Gasteiger partial charge < -0.3 is 4.90 Å². The Bertz CT molecular complexity index is 1090. The molecule has 30 heavy (non-hydrogen) atoms. The van der Waals surface area contributed by atoms with Crippen molar-refractivity contribution in [3.05, 3.63) is 89.5 Å². The van der Waals surface area contributed by atoms with Gasteiger partial charge in [0, 0.05) is 6.04 Å². The molecule has 0 aliphatic carbocycles. The molecule has 5 heteroatoms. The second-order valence-electron chi connectivity index (χ2n) is 8.03. The van der Waals surface area contributed by atoms with Gasteiger partial charge in [-0.15, -0.1) is 0 Å². The zero-order valence-electron chi connectivity index (χ0n) is 18.3. The Morgan fingerprint density at radius 3 is 2.00 bits per heavy atom. The molecule has 158 valence electrons. The summed E-state index contributed by atoms with van der Waals surface area (Å²) in [6, 6.07) is 23.3. The molecule has 0 radical (unpaired) electrons. The van der Waals surface area contributed by atoms with E-state index >= 15 is 0 Å². The molecule has 4 nitrogen and oxygen atoms in total. The minimum absolute atomic E-state index is 0.0801. The molecule has 0 spiro atoms. The fraction of sp³-hybridized carbons (Fsp3) is 0.280. The molecule has 1 atom stereocenters. The highest BCUT2D eigenvalue weighted by Gasteiger charge is 2.24. The fourth-order valence-electron chi connectivity index (χ4n) is 3.70. The summed E-state index contributed by atoms with van der Waals surface area (Å²) in [7, 11) is -3.70. The molecule has 0 bridgehead atoms. The van der Waals surface area contributed by atoms with Crippen molar-refractivity contribution in [1.82, 2.24) is 0 Å². The van der Waals surface area contributed by atoms with Crippen LogP contribution in [0.5, 0.6) is 0 Å². The fourth-order valence-corrected chi connectivity index (χ4v) is 4.77. The molecule has 0 aliphatic rings. The van der Waals surface area contributed by atoms with E-state index in [1.165, 1.54) is 5.56 Å². The quantitative estimate of drug-likeness (QED) is 0.502. The third-order valence-corrected chi connectivity index (χ3v) is 6.64. The van der Waals surface area contributed by atoms with Crippen LogP contribution in [-0.4, -0.2) is 14.5 Å². The number of nitrogens with one attached hydrogen (secondary N) is 1. The Balaban J connectivity index is 2.04. The maximum absolute atomic E-state index is 13.1. The van der Waals surface area contributed by atoms with E-state index < -0.39 is 10.0 Å². The maximum Gasteiger partial charge on any atom is 0.261 e. The number of benzene rings is 3. The summed E-state index contributed by atoms with van der Waals surface area (Å²) in [6.07, 6.45) is 0. The van der Waals surface area contributed by atoms with E-state index in [-0.39, 0.29) is 17.0 Å². The van der Waals surface area contributed by atoms with Gasteiger partial charge in [0.25, 0.3) is 10.0 Å². The van der Waals surface area contributed by atoms with Crippen LogP contribution in [0.25, 0.3) is 0 Å². The summed E-state index contributed by atoms with van der Waals surface area (Å²) < 4.78 is 29.0. The molecule has 0 amide bonds. The summed E-state index contributed by atoms with van der Waals surface area (Å²) in [6.45, 7) is 10.3. The number of sulfonamides is 1. The minimum atomic E-state index is -3.70. The molecule has 1 N–H and O–H groups in total. The van der Waals surface area contributed by atoms with E-state index in [1.54, 1.807) is 12.1 Å². The number of anilines is 2. The van der Waals surface area contributed by atoms with Gasteiger partial charge in [0.15, 0.2) is 0 Å². The number of nitrogens with zero attached hydrogens (tertiary/aromatic N) is 1. The number of hydrogen-bond donors (Lipinski definition) is 1. The maximum atomic E-state index is 13.1. The lowest BCUT2D eigenvalue weighted by molar-refractivity contribution is 0.595. The van der Waals surface area contributed by atoms with Crippen molar-refractivity contribution in [1.29, 1.82) is 0 Å². The molecular formula is C25H30N2O2S. The van der Waals surface area contributed by atoms with Gasteiger partial charge in [-0.25, -0.2) is 8.42 Å². The number of hydrogen-bond acceptors (Lipinski definition) is 3. The van der Waals surface area contributed by atoms with E-state index in [1.807, 2.05) is 62.4 Å². The second kappa shape index (κ2) is 8.92. The van der Waals surface area contributed by atoms with Gasteiger partial charge in [-0.05, 0) is 70.0 Å². The standard InChI is InChI=1S/C25H30N2O2S/c1-18(2)27(21(5)22-9-7-6-8-10-22)25-16-13-20(4)17-24(25)26-30(28,29)23-14-11-19(3)12-15-23/h6-18,21,26H,1-5H3. The van der Waals surface area contributed by atoms with Crippen molar-refractivity contribution in [2.24, 2.45) is 0 Å². The van der Waals surface area contributed by atoms with Gasteiger partial charge in [0.1, 0.15) is 0 Å². The van der Waals surface area contributed by atoms with Crippen LogP contribution >= 0.6 is 0 Å². The molecular weight excluding hydrogens is 392 g/mol. The molecule has 0 fully saturated rings. The van der Waals surface area contributed by atoms with Crippen molar-refractivity contribution < 1.29 is 8.42 Å². The second-order valence-corrected chi connectivity index (χ2v) is 9.71. The predicted octanol–water partition coefficient (Wildman–Crippen LogP) is 6.08. The van der Waals surface area contributed by atoms with Crippen molar-refractivity contribution in [2.75, 3.05) is 9.62 Å². The largest absolute Gasteiger partial charge is 0.361 e. The van der Waals surface area contributed by atoms with Crippen molar-refractivity contribution in [3.63, 3.8) is 0 Å². The van der Waals surface area contributed by atoms with Crippen LogP contribution in [0.4, 0.5) is 11.4 Å². The van der Waals surface area contributed by atoms with Gasteiger partial charge >= 0.3 is 0 Å². The Labute approximate surface area is 180 Å². The highest BCUT2D eigenvalue weighted by Crippen LogP contribution is 2.36. The van der Waals surface area contributed by atoms with E-state index in [2.05, 4.69) is 42.5 Å². The SMILES string of the molecule is Cc1ccc(S(=O)(=O)Nc2cc(C)ccc2N(C(C)C)C(C)c2ccccc2)cc1. The highest BCUT2D eigenvalue weighted by molar-refractivity contribution is 7.92. The topological polar surface area (TPSA) is 49.4 Å². The third kappa shape index (κ3) is 4.85. The molecule has 3 aromatic rings. The molecule has 0 heterocycles. The first-order valence-corrected chi connectivity index (χ1v) is 11.7. The Kier molecular flexibility index (Phi) is 6.52. The molecule has 3 rings (SSSR count). The first kappa shape index (κ1) is 21.9. The van der Waals surface area contributed by atoms with Crippen LogP contribution in [0.15, 0.2) is 77.7 Å². The predicted molar refractivity (Wildman–Crippen MR) is 126 cm³/mol. The average molecular weight is 423 g/mol. The van der Waals surface area contributed by atoms with Crippen LogP contribution in [0, 0.1) is 13.8 Å². The molecule has 0 aromatic heterocycles.